The van der Waals surface area contributed by atoms with Gasteiger partial charge in [0.25, 0.3) is 0 Å². The zero-order valence-corrected chi connectivity index (χ0v) is 24.8. The van der Waals surface area contributed by atoms with E-state index >= 15 is 0 Å². The number of carbonyl (C=O) groups is 2. The minimum Gasteiger partial charge on any atom is -0.481 e. The Kier molecular flexibility index (Phi) is 9.79. The number of aromatic nitrogens is 1. The molecule has 3 heterocycles. The molecule has 220 valence electrons. The molecular formula is C31H47N4O5+. The van der Waals surface area contributed by atoms with Gasteiger partial charge >= 0.3 is 5.97 Å². The van der Waals surface area contributed by atoms with Crippen LogP contribution in [0.15, 0.2) is 36.5 Å². The van der Waals surface area contributed by atoms with E-state index in [4.69, 9.17) is 9.47 Å². The van der Waals surface area contributed by atoms with Gasteiger partial charge in [0.2, 0.25) is 12.7 Å². The number of benzene rings is 1. The van der Waals surface area contributed by atoms with E-state index in [1.54, 1.807) is 0 Å². The van der Waals surface area contributed by atoms with Gasteiger partial charge < -0.3 is 28.5 Å². The molecule has 1 aromatic carbocycles. The number of hydrogen-bond donors (Lipinski definition) is 1. The third kappa shape index (κ3) is 7.37. The number of aliphatic carboxylic acids is 1. The third-order valence-corrected chi connectivity index (χ3v) is 8.34. The van der Waals surface area contributed by atoms with Crippen molar-refractivity contribution in [2.45, 2.75) is 51.0 Å². The molecule has 40 heavy (non-hydrogen) atoms. The first kappa shape index (κ1) is 29.9. The fourth-order valence-corrected chi connectivity index (χ4v) is 6.11. The molecule has 1 aromatic heterocycles. The highest BCUT2D eigenvalue weighted by molar-refractivity contribution is 5.79. The number of likely N-dealkylation sites (tertiary alicyclic amines) is 1. The number of unbranched alkanes of at least 4 members (excludes halogenated alkanes) is 1. The molecule has 2 aliphatic heterocycles. The molecule has 1 saturated heterocycles. The predicted octanol–water partition coefficient (Wildman–Crippen LogP) is 3.58. The predicted molar refractivity (Wildman–Crippen MR) is 155 cm³/mol. The Hall–Kier alpha value is -3.04. The van der Waals surface area contributed by atoms with E-state index in [1.165, 1.54) is 0 Å². The highest BCUT2D eigenvalue weighted by atomic mass is 16.7. The lowest BCUT2D eigenvalue weighted by molar-refractivity contribution is -0.870. The Morgan fingerprint density at radius 1 is 1.10 bits per heavy atom. The molecule has 4 rings (SSSR count). The fourth-order valence-electron chi connectivity index (χ4n) is 6.11. The molecule has 2 aliphatic rings. The second kappa shape index (κ2) is 13.1. The van der Waals surface area contributed by atoms with Crippen molar-refractivity contribution >= 4 is 11.9 Å². The summed E-state index contributed by atoms with van der Waals surface area (Å²) < 4.78 is 14.0. The molecule has 0 bridgehead atoms. The van der Waals surface area contributed by atoms with Gasteiger partial charge in [-0.1, -0.05) is 19.4 Å². The second-order valence-electron chi connectivity index (χ2n) is 12.3. The van der Waals surface area contributed by atoms with Crippen molar-refractivity contribution in [1.29, 1.82) is 0 Å². The van der Waals surface area contributed by atoms with Crippen LogP contribution < -0.4 is 9.47 Å². The van der Waals surface area contributed by atoms with Crippen molar-refractivity contribution in [2.75, 3.05) is 60.7 Å². The van der Waals surface area contributed by atoms with Crippen LogP contribution in [-0.4, -0.2) is 103 Å². The van der Waals surface area contributed by atoms with Gasteiger partial charge in [0, 0.05) is 57.0 Å². The van der Waals surface area contributed by atoms with Gasteiger partial charge in [-0.15, -0.1) is 0 Å². The summed E-state index contributed by atoms with van der Waals surface area (Å²) in [5.74, 6) is -0.272. The molecule has 0 saturated carbocycles. The fraction of sp³-hybridized carbons (Fsp3) is 0.613. The normalized spacial score (nSPS) is 20.7. The average Bonchev–Trinajstić information content (AvgIpc) is 3.62. The molecular weight excluding hydrogens is 508 g/mol. The number of carbonyl (C=O) groups excluding carboxylic acids is 1. The van der Waals surface area contributed by atoms with Gasteiger partial charge in [-0.25, -0.2) is 0 Å². The molecule has 3 atom stereocenters. The SMILES string of the molecule is CCCCN(CCC[N+](C)(C)C)C(=O)CN1C[C@H](c2ccc3c(c2)OCO3)[C@@H](C(=O)O)[C@@H]1CCc1cccn1C. The van der Waals surface area contributed by atoms with E-state index in [2.05, 4.69) is 43.6 Å². The molecule has 0 aliphatic carbocycles. The summed E-state index contributed by atoms with van der Waals surface area (Å²) in [7, 11) is 8.52. The summed E-state index contributed by atoms with van der Waals surface area (Å²) in [6.07, 6.45) is 6.35. The van der Waals surface area contributed by atoms with Gasteiger partial charge in [0.05, 0.1) is 40.2 Å². The maximum absolute atomic E-state index is 13.8. The number of carboxylic acids is 1. The highest BCUT2D eigenvalue weighted by Crippen LogP contribution is 2.43. The van der Waals surface area contributed by atoms with Gasteiger partial charge in [-0.3, -0.25) is 14.5 Å². The van der Waals surface area contributed by atoms with Crippen molar-refractivity contribution < 1.29 is 28.7 Å². The first-order chi connectivity index (χ1) is 19.1. The van der Waals surface area contributed by atoms with Gasteiger partial charge in [0.1, 0.15) is 0 Å². The van der Waals surface area contributed by atoms with Crippen LogP contribution in [0.25, 0.3) is 0 Å². The lowest BCUT2D eigenvalue weighted by Crippen LogP contribution is -2.45. The number of fused-ring (bicyclic) bond motifs is 1. The van der Waals surface area contributed by atoms with Crippen LogP contribution in [0, 0.1) is 5.92 Å². The molecule has 1 N–H and O–H groups in total. The van der Waals surface area contributed by atoms with Crippen molar-refractivity contribution in [1.82, 2.24) is 14.4 Å². The number of aryl methyl sites for hydroxylation is 2. The van der Waals surface area contributed by atoms with Gasteiger partial charge in [-0.2, -0.15) is 0 Å². The number of ether oxygens (including phenoxy) is 2. The lowest BCUT2D eigenvalue weighted by Gasteiger charge is -2.31. The van der Waals surface area contributed by atoms with E-state index in [0.717, 1.165) is 61.1 Å². The van der Waals surface area contributed by atoms with Crippen LogP contribution in [0.3, 0.4) is 0 Å². The van der Waals surface area contributed by atoms with E-state index in [1.807, 2.05) is 42.4 Å². The maximum atomic E-state index is 13.8. The standard InChI is InChI=1S/C31H46N4O5/c1-6-7-16-33(17-9-18-35(3,4)5)29(36)21-34-20-25(23-11-14-27-28(19-23)40-22-39-27)30(31(37)38)26(34)13-12-24-10-8-15-32(24)2/h8,10-11,14-15,19,25-26,30H,6-7,9,12-13,16-18,20-22H2,1-5H3/p+1/t25-,26+,30-/m1/s1. The second-order valence-corrected chi connectivity index (χ2v) is 12.3. The molecule has 0 unspecified atom stereocenters. The first-order valence-electron chi connectivity index (χ1n) is 14.6. The van der Waals surface area contributed by atoms with Gasteiger partial charge in [-0.05, 0) is 49.1 Å². The number of amides is 1. The number of quaternary nitrogens is 1. The molecule has 1 amide bonds. The van der Waals surface area contributed by atoms with Crippen LogP contribution in [0.4, 0.5) is 0 Å². The Morgan fingerprint density at radius 3 is 2.52 bits per heavy atom. The quantitative estimate of drug-likeness (QED) is 0.359. The minimum absolute atomic E-state index is 0.0919. The summed E-state index contributed by atoms with van der Waals surface area (Å²) >= 11 is 0. The number of carboxylic acid groups (broad SMARTS) is 1. The van der Waals surface area contributed by atoms with E-state index < -0.39 is 11.9 Å². The summed E-state index contributed by atoms with van der Waals surface area (Å²) in [4.78, 5) is 30.7. The average molecular weight is 556 g/mol. The molecule has 0 spiro atoms. The first-order valence-corrected chi connectivity index (χ1v) is 14.6. The molecule has 0 radical (unpaired) electrons. The Balaban J connectivity index is 1.57. The third-order valence-electron chi connectivity index (χ3n) is 8.34. The van der Waals surface area contributed by atoms with Crippen molar-refractivity contribution in [3.63, 3.8) is 0 Å². The number of rotatable bonds is 14. The largest absolute Gasteiger partial charge is 0.481 e. The van der Waals surface area contributed by atoms with Crippen molar-refractivity contribution in [3.05, 3.63) is 47.8 Å². The van der Waals surface area contributed by atoms with Gasteiger partial charge in [0.15, 0.2) is 11.5 Å². The maximum Gasteiger partial charge on any atom is 0.308 e. The summed E-state index contributed by atoms with van der Waals surface area (Å²) in [6, 6.07) is 9.56. The minimum atomic E-state index is -0.819. The molecule has 9 heteroatoms. The van der Waals surface area contributed by atoms with E-state index in [-0.39, 0.29) is 31.2 Å². The molecule has 2 aromatic rings. The lowest BCUT2D eigenvalue weighted by atomic mass is 9.83. The summed E-state index contributed by atoms with van der Waals surface area (Å²) in [5.41, 5.74) is 2.08. The molecule has 1 fully saturated rings. The molecule has 9 nitrogen and oxygen atoms in total. The highest BCUT2D eigenvalue weighted by Gasteiger charge is 2.47. The monoisotopic (exact) mass is 555 g/mol. The van der Waals surface area contributed by atoms with Crippen molar-refractivity contribution in [2.24, 2.45) is 13.0 Å². The topological polar surface area (TPSA) is 84.2 Å². The van der Waals surface area contributed by atoms with Crippen LogP contribution >= 0.6 is 0 Å². The Bertz CT molecular complexity index is 1160. The zero-order valence-electron chi connectivity index (χ0n) is 24.8. The van der Waals surface area contributed by atoms with Crippen LogP contribution in [0.2, 0.25) is 0 Å². The smallest absolute Gasteiger partial charge is 0.308 e. The Labute approximate surface area is 238 Å². The Morgan fingerprint density at radius 2 is 1.85 bits per heavy atom. The number of hydrogen-bond acceptors (Lipinski definition) is 5. The zero-order chi connectivity index (χ0) is 28.9. The van der Waals surface area contributed by atoms with Crippen LogP contribution in [0.5, 0.6) is 11.5 Å². The summed E-state index contributed by atoms with van der Waals surface area (Å²) in [5, 5.41) is 10.5. The van der Waals surface area contributed by atoms with Crippen LogP contribution in [0.1, 0.15) is 49.8 Å². The van der Waals surface area contributed by atoms with E-state index in [0.29, 0.717) is 24.5 Å². The van der Waals surface area contributed by atoms with Crippen molar-refractivity contribution in [3.8, 4) is 11.5 Å². The van der Waals surface area contributed by atoms with Crippen LogP contribution in [-0.2, 0) is 23.1 Å². The van der Waals surface area contributed by atoms with E-state index in [9.17, 15) is 14.7 Å². The number of nitrogens with zero attached hydrogens (tertiary/aromatic N) is 4. The summed E-state index contributed by atoms with van der Waals surface area (Å²) in [6.45, 7) is 5.52.